The molecule has 0 spiro atoms. The summed E-state index contributed by atoms with van der Waals surface area (Å²) in [5.74, 6) is 2.31. The van der Waals surface area contributed by atoms with E-state index in [1.165, 1.54) is 0 Å². The number of hydrogen-bond donors (Lipinski definition) is 0. The van der Waals surface area contributed by atoms with Gasteiger partial charge in [-0.05, 0) is 57.2 Å². The lowest BCUT2D eigenvalue weighted by Crippen LogP contribution is -1.98. The first-order valence-corrected chi connectivity index (χ1v) is 9.44. The fraction of sp³-hybridized carbons (Fsp3) is 0.261. The van der Waals surface area contributed by atoms with Crippen LogP contribution in [0.2, 0.25) is 0 Å². The highest BCUT2D eigenvalue weighted by molar-refractivity contribution is 6.15. The Kier molecular flexibility index (Phi) is 4.59. The van der Waals surface area contributed by atoms with E-state index in [2.05, 4.69) is 11.5 Å². The minimum absolute atomic E-state index is 0.110. The topological polar surface area (TPSA) is 49.7 Å². The van der Waals surface area contributed by atoms with Crippen LogP contribution in [0.25, 0.3) is 17.0 Å². The summed E-state index contributed by atoms with van der Waals surface area (Å²) >= 11 is 0. The van der Waals surface area contributed by atoms with Crippen molar-refractivity contribution in [1.82, 2.24) is 4.57 Å². The van der Waals surface area contributed by atoms with E-state index in [1.54, 1.807) is 13.2 Å². The summed E-state index contributed by atoms with van der Waals surface area (Å²) in [6, 6.07) is 9.56. The quantitative estimate of drug-likeness (QED) is 0.588. The molecule has 0 bridgehead atoms. The normalized spacial score (nSPS) is 14.4. The smallest absolute Gasteiger partial charge is 0.231 e. The molecule has 2 aromatic carbocycles. The number of aryl methyl sites for hydroxylation is 1. The van der Waals surface area contributed by atoms with E-state index in [0.29, 0.717) is 23.7 Å². The molecule has 5 nitrogen and oxygen atoms in total. The summed E-state index contributed by atoms with van der Waals surface area (Å²) in [6.07, 6.45) is 3.85. The molecule has 1 aliphatic rings. The number of benzene rings is 2. The third kappa shape index (κ3) is 2.83. The molecule has 0 N–H and O–H groups in total. The molecule has 0 aliphatic carbocycles. The lowest BCUT2D eigenvalue weighted by Gasteiger charge is -2.09. The molecule has 0 amide bonds. The van der Waals surface area contributed by atoms with Crippen LogP contribution in [0.4, 0.5) is 0 Å². The van der Waals surface area contributed by atoms with Gasteiger partial charge in [-0.2, -0.15) is 0 Å². The number of allylic oxidation sites excluding steroid dienone is 1. The largest absolute Gasteiger partial charge is 0.497 e. The van der Waals surface area contributed by atoms with Crippen molar-refractivity contribution >= 4 is 22.8 Å². The molecular formula is C23H23NO4. The number of nitrogens with zero attached hydrogens (tertiary/aromatic N) is 1. The van der Waals surface area contributed by atoms with Crippen LogP contribution in [0.5, 0.6) is 17.2 Å². The van der Waals surface area contributed by atoms with E-state index < -0.39 is 0 Å². The number of aromatic nitrogens is 1. The predicted molar refractivity (Wildman–Crippen MR) is 109 cm³/mol. The van der Waals surface area contributed by atoms with Gasteiger partial charge in [0.05, 0.1) is 19.3 Å². The van der Waals surface area contributed by atoms with Crippen LogP contribution in [-0.2, 0) is 6.54 Å². The highest BCUT2D eigenvalue weighted by Crippen LogP contribution is 2.40. The number of hydrogen-bond acceptors (Lipinski definition) is 4. The molecule has 1 aromatic heterocycles. The van der Waals surface area contributed by atoms with Crippen molar-refractivity contribution in [3.05, 3.63) is 59.0 Å². The average molecular weight is 377 g/mol. The molecular weight excluding hydrogens is 354 g/mol. The third-order valence-corrected chi connectivity index (χ3v) is 5.08. The number of ether oxygens (including phenoxy) is 3. The third-order valence-electron chi connectivity index (χ3n) is 5.08. The van der Waals surface area contributed by atoms with Gasteiger partial charge in [-0.3, -0.25) is 4.79 Å². The van der Waals surface area contributed by atoms with E-state index in [4.69, 9.17) is 14.2 Å². The van der Waals surface area contributed by atoms with Gasteiger partial charge in [0.25, 0.3) is 0 Å². The van der Waals surface area contributed by atoms with Crippen LogP contribution in [-0.4, -0.2) is 24.1 Å². The van der Waals surface area contributed by atoms with Gasteiger partial charge in [-0.15, -0.1) is 0 Å². The van der Waals surface area contributed by atoms with Crippen LogP contribution in [0.15, 0.2) is 42.3 Å². The molecule has 1 aliphatic heterocycles. The summed E-state index contributed by atoms with van der Waals surface area (Å²) in [5, 5.41) is 1.02. The SMILES string of the molecule is CCOc1ccc2c(c1C)O/C(=C/c1cn(CC)c3ccc(OC)cc13)C2=O. The second-order valence-corrected chi connectivity index (χ2v) is 6.69. The van der Waals surface area contributed by atoms with Gasteiger partial charge in [0.2, 0.25) is 5.78 Å². The molecule has 144 valence electrons. The zero-order valence-corrected chi connectivity index (χ0v) is 16.5. The first-order chi connectivity index (χ1) is 13.6. The van der Waals surface area contributed by atoms with E-state index in [9.17, 15) is 4.79 Å². The molecule has 0 saturated carbocycles. The molecule has 0 radical (unpaired) electrons. The Hall–Kier alpha value is -3.21. The van der Waals surface area contributed by atoms with Crippen LogP contribution in [0, 0.1) is 6.92 Å². The number of Topliss-reactive ketones (excluding diaryl/α,β-unsaturated/α-hetero) is 1. The Balaban J connectivity index is 1.80. The second-order valence-electron chi connectivity index (χ2n) is 6.69. The number of ketones is 1. The van der Waals surface area contributed by atoms with Crippen molar-refractivity contribution in [2.24, 2.45) is 0 Å². The van der Waals surface area contributed by atoms with Gasteiger partial charge in [0, 0.05) is 34.8 Å². The Morgan fingerprint density at radius 3 is 2.71 bits per heavy atom. The lowest BCUT2D eigenvalue weighted by atomic mass is 10.1. The van der Waals surface area contributed by atoms with Crippen LogP contribution >= 0.6 is 0 Å². The summed E-state index contributed by atoms with van der Waals surface area (Å²) < 4.78 is 19.1. The molecule has 5 heteroatoms. The summed E-state index contributed by atoms with van der Waals surface area (Å²) in [4.78, 5) is 12.9. The molecule has 4 rings (SSSR count). The lowest BCUT2D eigenvalue weighted by molar-refractivity contribution is 0.101. The summed E-state index contributed by atoms with van der Waals surface area (Å²) in [7, 11) is 1.65. The van der Waals surface area contributed by atoms with E-state index in [-0.39, 0.29) is 5.78 Å². The maximum Gasteiger partial charge on any atom is 0.231 e. The first kappa shape index (κ1) is 18.2. The second kappa shape index (κ2) is 7.08. The van der Waals surface area contributed by atoms with E-state index >= 15 is 0 Å². The Labute approximate surface area is 164 Å². The highest BCUT2D eigenvalue weighted by atomic mass is 16.5. The highest BCUT2D eigenvalue weighted by Gasteiger charge is 2.30. The monoisotopic (exact) mass is 377 g/mol. The number of carbonyl (C=O) groups is 1. The van der Waals surface area contributed by atoms with E-state index in [1.807, 2.05) is 50.4 Å². The van der Waals surface area contributed by atoms with Crippen molar-refractivity contribution in [1.29, 1.82) is 0 Å². The maximum absolute atomic E-state index is 12.9. The van der Waals surface area contributed by atoms with Crippen LogP contribution in [0.1, 0.15) is 35.3 Å². The van der Waals surface area contributed by atoms with Crippen molar-refractivity contribution in [2.75, 3.05) is 13.7 Å². The predicted octanol–water partition coefficient (Wildman–Crippen LogP) is 4.99. The molecule has 0 atom stereocenters. The van der Waals surface area contributed by atoms with Crippen molar-refractivity contribution in [3.63, 3.8) is 0 Å². The molecule has 0 unspecified atom stereocenters. The van der Waals surface area contributed by atoms with E-state index in [0.717, 1.165) is 40.1 Å². The standard InChI is InChI=1S/C23H23NO4/c1-5-24-13-15(18-12-16(26-4)7-9-19(18)24)11-21-22(25)17-8-10-20(27-6-2)14(3)23(17)28-21/h7-13H,5-6H2,1-4H3/b21-11+. The zero-order valence-electron chi connectivity index (χ0n) is 16.5. The summed E-state index contributed by atoms with van der Waals surface area (Å²) in [6.45, 7) is 7.33. The van der Waals surface area contributed by atoms with Crippen molar-refractivity contribution in [2.45, 2.75) is 27.3 Å². The van der Waals surface area contributed by atoms with Crippen LogP contribution < -0.4 is 14.2 Å². The Bertz CT molecular complexity index is 1110. The minimum Gasteiger partial charge on any atom is -0.497 e. The molecule has 28 heavy (non-hydrogen) atoms. The number of rotatable bonds is 5. The molecule has 2 heterocycles. The Morgan fingerprint density at radius 1 is 1.18 bits per heavy atom. The molecule has 0 saturated heterocycles. The van der Waals surface area contributed by atoms with Gasteiger partial charge in [0.1, 0.15) is 17.2 Å². The Morgan fingerprint density at radius 2 is 2.00 bits per heavy atom. The first-order valence-electron chi connectivity index (χ1n) is 9.44. The van der Waals surface area contributed by atoms with Gasteiger partial charge < -0.3 is 18.8 Å². The molecule has 0 fully saturated rings. The van der Waals surface area contributed by atoms with Crippen LogP contribution in [0.3, 0.4) is 0 Å². The van der Waals surface area contributed by atoms with Gasteiger partial charge in [0.15, 0.2) is 5.76 Å². The maximum atomic E-state index is 12.9. The van der Waals surface area contributed by atoms with Gasteiger partial charge in [-0.25, -0.2) is 0 Å². The fourth-order valence-corrected chi connectivity index (χ4v) is 3.63. The molecule has 3 aromatic rings. The fourth-order valence-electron chi connectivity index (χ4n) is 3.63. The summed E-state index contributed by atoms with van der Waals surface area (Å²) in [5.41, 5.74) is 3.43. The zero-order chi connectivity index (χ0) is 19.8. The van der Waals surface area contributed by atoms with Gasteiger partial charge in [-0.1, -0.05) is 0 Å². The van der Waals surface area contributed by atoms with Crippen molar-refractivity contribution < 1.29 is 19.0 Å². The number of methoxy groups -OCH3 is 1. The average Bonchev–Trinajstić information content (AvgIpc) is 3.22. The van der Waals surface area contributed by atoms with Crippen molar-refractivity contribution in [3.8, 4) is 17.2 Å². The number of carbonyl (C=O) groups excluding carboxylic acids is 1. The number of fused-ring (bicyclic) bond motifs is 2. The minimum atomic E-state index is -0.110. The van der Waals surface area contributed by atoms with Gasteiger partial charge >= 0.3 is 0 Å².